The van der Waals surface area contributed by atoms with Crippen molar-refractivity contribution in [1.29, 1.82) is 0 Å². The Kier molecular flexibility index (Phi) is 21.8. The van der Waals surface area contributed by atoms with Crippen LogP contribution in [-0.4, -0.2) is 57.3 Å². The molecule has 0 aliphatic carbocycles. The second kappa shape index (κ2) is 13.8. The topological polar surface area (TPSA) is 115 Å². The molecule has 0 bridgehead atoms. The second-order valence-electron chi connectivity index (χ2n) is 2.71. The van der Waals surface area contributed by atoms with E-state index in [0.717, 1.165) is 4.90 Å². The van der Waals surface area contributed by atoms with E-state index >= 15 is 0 Å². The number of hydrogen-bond donors (Lipinski definition) is 3. The summed E-state index contributed by atoms with van der Waals surface area (Å²) in [4.78, 5) is 31.9. The summed E-state index contributed by atoms with van der Waals surface area (Å²) < 4.78 is 0. The van der Waals surface area contributed by atoms with Crippen LogP contribution in [0.1, 0.15) is 6.92 Å². The third kappa shape index (κ3) is 13.6. The van der Waals surface area contributed by atoms with Crippen LogP contribution in [0.2, 0.25) is 0 Å². The van der Waals surface area contributed by atoms with E-state index in [1.54, 1.807) is 0 Å². The molecule has 0 rings (SSSR count). The summed E-state index contributed by atoms with van der Waals surface area (Å²) in [5.74, 6) is -3.79. The van der Waals surface area contributed by atoms with Gasteiger partial charge in [-0.25, -0.2) is 0 Å². The van der Waals surface area contributed by atoms with Crippen molar-refractivity contribution in [3.8, 4) is 0 Å². The van der Waals surface area contributed by atoms with Gasteiger partial charge < -0.3 is 15.3 Å². The molecule has 0 aliphatic rings. The average molecular weight is 274 g/mol. The molecule has 0 radical (unpaired) electrons. The molecular formula is C7H11NNa3O6+3. The van der Waals surface area contributed by atoms with Crippen molar-refractivity contribution in [3.05, 3.63) is 0 Å². The van der Waals surface area contributed by atoms with Crippen LogP contribution in [0.5, 0.6) is 0 Å². The van der Waals surface area contributed by atoms with Gasteiger partial charge in [-0.1, -0.05) is 0 Å². The van der Waals surface area contributed by atoms with E-state index in [1.165, 1.54) is 6.92 Å². The predicted octanol–water partition coefficient (Wildman–Crippen LogP) is -10.1. The summed E-state index contributed by atoms with van der Waals surface area (Å²) in [7, 11) is 0. The summed E-state index contributed by atoms with van der Waals surface area (Å²) in [6.07, 6.45) is 0. The number of rotatable bonds is 6. The molecule has 0 heterocycles. The zero-order chi connectivity index (χ0) is 11.3. The predicted molar refractivity (Wildman–Crippen MR) is 43.9 cm³/mol. The van der Waals surface area contributed by atoms with Crippen LogP contribution in [0.25, 0.3) is 0 Å². The number of hydrogen-bond acceptors (Lipinski definition) is 4. The Morgan fingerprint density at radius 1 is 0.941 bits per heavy atom. The largest absolute Gasteiger partial charge is 1.00 e. The molecule has 7 nitrogen and oxygen atoms in total. The van der Waals surface area contributed by atoms with Crippen molar-refractivity contribution in [2.45, 2.75) is 13.0 Å². The molecule has 80 valence electrons. The van der Waals surface area contributed by atoms with Gasteiger partial charge in [0.25, 0.3) is 0 Å². The van der Waals surface area contributed by atoms with E-state index in [9.17, 15) is 14.4 Å². The molecule has 0 amide bonds. The summed E-state index contributed by atoms with van der Waals surface area (Å²) in [5, 5.41) is 25.4. The molecule has 0 aromatic heterocycles. The summed E-state index contributed by atoms with van der Waals surface area (Å²) >= 11 is 0. The van der Waals surface area contributed by atoms with Crippen molar-refractivity contribution in [1.82, 2.24) is 4.90 Å². The van der Waals surface area contributed by atoms with E-state index in [2.05, 4.69) is 0 Å². The van der Waals surface area contributed by atoms with E-state index in [1.807, 2.05) is 0 Å². The van der Waals surface area contributed by atoms with Crippen LogP contribution >= 0.6 is 0 Å². The van der Waals surface area contributed by atoms with E-state index in [-0.39, 0.29) is 88.7 Å². The molecule has 3 N–H and O–H groups in total. The first-order chi connectivity index (χ1) is 6.34. The van der Waals surface area contributed by atoms with Crippen molar-refractivity contribution < 1.29 is 118 Å². The van der Waals surface area contributed by atoms with Crippen LogP contribution in [0.3, 0.4) is 0 Å². The number of nitrogens with zero attached hydrogens (tertiary/aromatic N) is 1. The number of carboxylic acids is 3. The van der Waals surface area contributed by atoms with Crippen molar-refractivity contribution in [2.75, 3.05) is 13.1 Å². The quantitative estimate of drug-likeness (QED) is 0.412. The summed E-state index contributed by atoms with van der Waals surface area (Å²) in [5.41, 5.74) is 0. The maximum atomic E-state index is 10.5. The van der Waals surface area contributed by atoms with Gasteiger partial charge in [-0.3, -0.25) is 19.3 Å². The zero-order valence-electron chi connectivity index (χ0n) is 10.5. The Bertz CT molecular complexity index is 246. The molecule has 0 saturated carbocycles. The Hall–Kier alpha value is 1.37. The minimum atomic E-state index is -1.26. The van der Waals surface area contributed by atoms with Crippen LogP contribution in [0.4, 0.5) is 0 Å². The van der Waals surface area contributed by atoms with E-state index < -0.39 is 37.0 Å². The van der Waals surface area contributed by atoms with Crippen LogP contribution < -0.4 is 88.7 Å². The van der Waals surface area contributed by atoms with E-state index in [4.69, 9.17) is 15.3 Å². The van der Waals surface area contributed by atoms with Gasteiger partial charge in [0.2, 0.25) is 0 Å². The number of carboxylic acid groups (broad SMARTS) is 3. The van der Waals surface area contributed by atoms with Gasteiger partial charge in [-0.05, 0) is 6.92 Å². The van der Waals surface area contributed by atoms with Gasteiger partial charge in [0.1, 0.15) is 6.04 Å². The van der Waals surface area contributed by atoms with Gasteiger partial charge in [-0.2, -0.15) is 0 Å². The third-order valence-corrected chi connectivity index (χ3v) is 1.58. The van der Waals surface area contributed by atoms with Crippen molar-refractivity contribution in [3.63, 3.8) is 0 Å². The van der Waals surface area contributed by atoms with Crippen LogP contribution in [0.15, 0.2) is 0 Å². The zero-order valence-corrected chi connectivity index (χ0v) is 16.5. The van der Waals surface area contributed by atoms with Crippen LogP contribution in [-0.2, 0) is 14.4 Å². The fourth-order valence-electron chi connectivity index (χ4n) is 0.833. The van der Waals surface area contributed by atoms with Gasteiger partial charge in [-0.15, -0.1) is 0 Å². The monoisotopic (exact) mass is 274 g/mol. The molecule has 0 spiro atoms. The molecule has 0 aromatic carbocycles. The van der Waals surface area contributed by atoms with Crippen molar-refractivity contribution in [2.24, 2.45) is 0 Å². The molecule has 0 unspecified atom stereocenters. The van der Waals surface area contributed by atoms with E-state index in [0.29, 0.717) is 0 Å². The fourth-order valence-corrected chi connectivity index (χ4v) is 0.833. The summed E-state index contributed by atoms with van der Waals surface area (Å²) in [6.45, 7) is 0.00769. The molecule has 0 saturated heterocycles. The minimum absolute atomic E-state index is 0. The Labute approximate surface area is 165 Å². The molecule has 0 aliphatic heterocycles. The normalized spacial score (nSPS) is 10.2. The second-order valence-corrected chi connectivity index (χ2v) is 2.71. The first kappa shape index (κ1) is 26.8. The molecule has 10 heteroatoms. The first-order valence-electron chi connectivity index (χ1n) is 3.75. The molecule has 17 heavy (non-hydrogen) atoms. The Morgan fingerprint density at radius 3 is 1.41 bits per heavy atom. The van der Waals surface area contributed by atoms with Gasteiger partial charge in [0.15, 0.2) is 0 Å². The van der Waals surface area contributed by atoms with Crippen molar-refractivity contribution >= 4 is 17.9 Å². The Morgan fingerprint density at radius 2 is 1.24 bits per heavy atom. The first-order valence-corrected chi connectivity index (χ1v) is 3.75. The Balaban J connectivity index is -0.000000282. The molecule has 0 aromatic rings. The number of carbonyl (C=O) groups is 3. The maximum Gasteiger partial charge on any atom is 1.00 e. The van der Waals surface area contributed by atoms with Gasteiger partial charge in [0.05, 0.1) is 13.1 Å². The van der Waals surface area contributed by atoms with Gasteiger partial charge >= 0.3 is 107 Å². The smallest absolute Gasteiger partial charge is 0.480 e. The molecular weight excluding hydrogens is 263 g/mol. The minimum Gasteiger partial charge on any atom is -0.480 e. The SMILES string of the molecule is C[C@@H](C(=O)O)N(CC(=O)O)CC(=O)O.[Na+].[Na+].[Na+]. The summed E-state index contributed by atoms with van der Waals surface area (Å²) in [6, 6.07) is -1.14. The maximum absolute atomic E-state index is 10.5. The standard InChI is InChI=1S/C7H11NO6.3Na/c1-4(7(13)14)8(2-5(9)10)3-6(11)12;;;/h4H,2-3H2,1H3,(H,9,10)(H,11,12)(H,13,14);;;/q;3*+1/t4-;;;/m0.../s1. The van der Waals surface area contributed by atoms with Gasteiger partial charge in [0, 0.05) is 0 Å². The average Bonchev–Trinajstić information content (AvgIpc) is 1.99. The number of aliphatic carboxylic acids is 3. The van der Waals surface area contributed by atoms with Crippen LogP contribution in [0, 0.1) is 0 Å². The molecule has 1 atom stereocenters. The molecule has 0 fully saturated rings. The fraction of sp³-hybridized carbons (Fsp3) is 0.571. The third-order valence-electron chi connectivity index (χ3n) is 1.58.